The molecule has 9 unspecified atom stereocenters. The summed E-state index contributed by atoms with van der Waals surface area (Å²) in [5, 5.41) is 157. The lowest BCUT2D eigenvalue weighted by atomic mass is 9.79. The molecule has 5 heterocycles. The van der Waals surface area contributed by atoms with Gasteiger partial charge in [0.05, 0.1) is 122 Å². The minimum atomic E-state index is -2.94. The molecule has 5 rings (SSSR count). The van der Waals surface area contributed by atoms with Crippen LogP contribution in [0.25, 0.3) is 0 Å². The van der Waals surface area contributed by atoms with E-state index in [0.717, 1.165) is 0 Å². The number of hydrogen-bond donors (Lipinski definition) is 15. The second kappa shape index (κ2) is 24.6. The largest absolute Gasteiger partial charge is 0.479 e. The minimum Gasteiger partial charge on any atom is -0.479 e. The fourth-order valence-corrected chi connectivity index (χ4v) is 9.64. The molecule has 25 heteroatoms. The van der Waals surface area contributed by atoms with Crippen LogP contribution < -0.4 is 0 Å². The highest BCUT2D eigenvalue weighted by Crippen LogP contribution is 2.36. The standard InChI is InChI=1S/C41H72O25/c1-4-18-31(46)24(6-43)65-26(32(18)47)12-60-11-22-35(50)37(52)28(66-38(22)40(54)55)14-59-9-20-21(10-61-15-29-41(56,57)39(53)30(45)17(3)63-29)33(48)27(64-23(20)5-42)13-58-8-19-16(2)62-25(7-44)36(51)34(19)49/h16-39,42-53,56-57H,4-15H2,1-3H3,(H,54,55)/t16?,17?,18-,19+,20+,21-,22+,23?,24?,25+,26+,27+,28+,29+,30-,31+,32?,33?,34+,35-,36?,37?,38?,39+/m1/s1. The molecule has 5 aliphatic heterocycles. The second-order valence-electron chi connectivity index (χ2n) is 18.1. The quantitative estimate of drug-likeness (QED) is 0.0475. The van der Waals surface area contributed by atoms with Crippen molar-refractivity contribution in [1.82, 2.24) is 0 Å². The Morgan fingerprint density at radius 2 is 0.894 bits per heavy atom. The van der Waals surface area contributed by atoms with Crippen molar-refractivity contribution in [1.29, 1.82) is 0 Å². The van der Waals surface area contributed by atoms with Gasteiger partial charge < -0.3 is 119 Å². The zero-order valence-electron chi connectivity index (χ0n) is 37.1. The number of aliphatic hydroxyl groups excluding tert-OH is 12. The van der Waals surface area contributed by atoms with Gasteiger partial charge in [0, 0.05) is 29.6 Å². The van der Waals surface area contributed by atoms with Gasteiger partial charge in [-0.3, -0.25) is 0 Å². The van der Waals surface area contributed by atoms with Crippen LogP contribution in [0.4, 0.5) is 0 Å². The van der Waals surface area contributed by atoms with E-state index in [1.165, 1.54) is 6.92 Å². The average Bonchev–Trinajstić information content (AvgIpc) is 3.28. The number of ether oxygens (including phenoxy) is 9. The molecule has 0 aromatic rings. The lowest BCUT2D eigenvalue weighted by Gasteiger charge is -2.46. The fraction of sp³-hybridized carbons (Fsp3) is 0.976. The maximum Gasteiger partial charge on any atom is 0.333 e. The van der Waals surface area contributed by atoms with Crippen LogP contribution in [-0.2, 0) is 47.4 Å². The summed E-state index contributed by atoms with van der Waals surface area (Å²) in [6.07, 6.45) is -25.0. The molecule has 0 radical (unpaired) electrons. The third-order valence-electron chi connectivity index (χ3n) is 13.9. The first-order valence-corrected chi connectivity index (χ1v) is 22.4. The molecule has 0 aliphatic carbocycles. The average molecular weight is 965 g/mol. The molecule has 0 bridgehead atoms. The van der Waals surface area contributed by atoms with Gasteiger partial charge in [-0.15, -0.1) is 0 Å². The molecule has 24 atom stereocenters. The Kier molecular flexibility index (Phi) is 20.7. The monoisotopic (exact) mass is 964 g/mol. The molecular weight excluding hydrogens is 892 g/mol. The fourth-order valence-electron chi connectivity index (χ4n) is 9.64. The molecule has 0 spiro atoms. The van der Waals surface area contributed by atoms with E-state index in [4.69, 9.17) is 42.6 Å². The number of rotatable bonds is 21. The predicted molar refractivity (Wildman–Crippen MR) is 216 cm³/mol. The van der Waals surface area contributed by atoms with Crippen LogP contribution in [0.3, 0.4) is 0 Å². The van der Waals surface area contributed by atoms with Crippen LogP contribution in [0.15, 0.2) is 0 Å². The Labute approximate surface area is 380 Å². The molecule has 5 fully saturated rings. The highest BCUT2D eigenvalue weighted by Gasteiger charge is 2.54. The first-order chi connectivity index (χ1) is 31.2. The zero-order chi connectivity index (χ0) is 48.8. The van der Waals surface area contributed by atoms with E-state index in [1.54, 1.807) is 13.8 Å². The van der Waals surface area contributed by atoms with Gasteiger partial charge in [0.2, 0.25) is 5.79 Å². The van der Waals surface area contributed by atoms with Crippen molar-refractivity contribution in [3.63, 3.8) is 0 Å². The number of hydrogen-bond acceptors (Lipinski definition) is 24. The Morgan fingerprint density at radius 1 is 0.455 bits per heavy atom. The van der Waals surface area contributed by atoms with Crippen molar-refractivity contribution in [2.45, 2.75) is 149 Å². The van der Waals surface area contributed by atoms with Gasteiger partial charge in [-0.25, -0.2) is 4.79 Å². The number of carboxylic acid groups (broad SMARTS) is 1. The van der Waals surface area contributed by atoms with E-state index in [9.17, 15) is 81.4 Å². The van der Waals surface area contributed by atoms with Crippen LogP contribution in [0.5, 0.6) is 0 Å². The summed E-state index contributed by atoms with van der Waals surface area (Å²) >= 11 is 0. The molecule has 5 saturated heterocycles. The maximum atomic E-state index is 12.4. The molecule has 25 nitrogen and oxygen atoms in total. The number of carboxylic acids is 1. The molecule has 66 heavy (non-hydrogen) atoms. The van der Waals surface area contributed by atoms with Crippen LogP contribution in [0.2, 0.25) is 0 Å². The van der Waals surface area contributed by atoms with E-state index in [-0.39, 0.29) is 33.0 Å². The third kappa shape index (κ3) is 12.3. The smallest absolute Gasteiger partial charge is 0.333 e. The van der Waals surface area contributed by atoms with Crippen molar-refractivity contribution < 1.29 is 124 Å². The molecule has 0 amide bonds. The van der Waals surface area contributed by atoms with Gasteiger partial charge in [-0.2, -0.15) is 0 Å². The lowest BCUT2D eigenvalue weighted by molar-refractivity contribution is -0.352. The maximum absolute atomic E-state index is 12.4. The summed E-state index contributed by atoms with van der Waals surface area (Å²) in [5.74, 6) is -9.11. The first kappa shape index (κ1) is 55.5. The Morgan fingerprint density at radius 3 is 1.45 bits per heavy atom. The SMILES string of the molecule is CC[C@H]1C(O)[C@H](COC[C@@H]2C(C(=O)O)O[C@@H](COC[C@@H]3C(CO)O[C@@H](COC[C@H]4C(C)O[C@@H](CO)C(O)[C@H]4O)C(O)[C@@H]3COC[C@@H]3OC(C)[C@@H](O)[C@H](O)C3(O)O)C(O)[C@@H]2O)OC(CO)[C@H]1O. The van der Waals surface area contributed by atoms with Gasteiger partial charge in [0.1, 0.15) is 61.0 Å². The van der Waals surface area contributed by atoms with Crippen LogP contribution in [-0.4, -0.2) is 277 Å². The van der Waals surface area contributed by atoms with Gasteiger partial charge >= 0.3 is 5.97 Å². The topological polar surface area (TPSA) is 404 Å². The molecule has 386 valence electrons. The lowest BCUT2D eigenvalue weighted by Crippen LogP contribution is -2.66. The first-order valence-electron chi connectivity index (χ1n) is 22.4. The third-order valence-corrected chi connectivity index (χ3v) is 13.9. The summed E-state index contributed by atoms with van der Waals surface area (Å²) in [4.78, 5) is 12.4. The van der Waals surface area contributed by atoms with E-state index in [2.05, 4.69) is 0 Å². The van der Waals surface area contributed by atoms with Crippen molar-refractivity contribution in [3.05, 3.63) is 0 Å². The number of aliphatic hydroxyl groups is 14. The highest BCUT2D eigenvalue weighted by atomic mass is 16.6. The molecule has 15 N–H and O–H groups in total. The van der Waals surface area contributed by atoms with Gasteiger partial charge in [0.15, 0.2) is 6.10 Å². The molecule has 0 aromatic carbocycles. The van der Waals surface area contributed by atoms with Crippen molar-refractivity contribution in [3.8, 4) is 0 Å². The normalized spacial score (nSPS) is 46.6. The number of aliphatic carboxylic acids is 1. The Balaban J connectivity index is 1.23. The highest BCUT2D eigenvalue weighted by molar-refractivity contribution is 5.73. The number of carbonyl (C=O) groups is 1. The summed E-state index contributed by atoms with van der Waals surface area (Å²) < 4.78 is 51.7. The summed E-state index contributed by atoms with van der Waals surface area (Å²) in [6.45, 7) is -0.0716. The second-order valence-corrected chi connectivity index (χ2v) is 18.1. The van der Waals surface area contributed by atoms with E-state index >= 15 is 0 Å². The molecule has 0 aromatic heterocycles. The summed E-state index contributed by atoms with van der Waals surface area (Å²) in [6, 6.07) is 0. The van der Waals surface area contributed by atoms with E-state index in [1.807, 2.05) is 0 Å². The zero-order valence-corrected chi connectivity index (χ0v) is 37.1. The molecule has 5 aliphatic rings. The Bertz CT molecular complexity index is 1470. The minimum absolute atomic E-state index is 0.185. The molecular formula is C41H72O25. The van der Waals surface area contributed by atoms with E-state index < -0.39 is 197 Å². The van der Waals surface area contributed by atoms with Crippen LogP contribution >= 0.6 is 0 Å². The van der Waals surface area contributed by atoms with Crippen molar-refractivity contribution in [2.24, 2.45) is 29.6 Å². The summed E-state index contributed by atoms with van der Waals surface area (Å²) in [5.41, 5.74) is 0. The van der Waals surface area contributed by atoms with Crippen molar-refractivity contribution >= 4 is 5.97 Å². The van der Waals surface area contributed by atoms with Gasteiger partial charge in [-0.05, 0) is 20.3 Å². The van der Waals surface area contributed by atoms with Crippen LogP contribution in [0, 0.1) is 29.6 Å². The predicted octanol–water partition coefficient (Wildman–Crippen LogP) is -7.59. The van der Waals surface area contributed by atoms with Crippen molar-refractivity contribution in [2.75, 3.05) is 72.7 Å². The molecule has 0 saturated carbocycles. The van der Waals surface area contributed by atoms with E-state index in [0.29, 0.717) is 6.42 Å². The van der Waals surface area contributed by atoms with Gasteiger partial charge in [-0.1, -0.05) is 6.92 Å². The Hall–Kier alpha value is -1.45. The van der Waals surface area contributed by atoms with Crippen LogP contribution in [0.1, 0.15) is 27.2 Å². The summed E-state index contributed by atoms with van der Waals surface area (Å²) in [7, 11) is 0. The van der Waals surface area contributed by atoms with Gasteiger partial charge in [0.25, 0.3) is 0 Å².